The number of amides is 1. The average Bonchev–Trinajstić information content (AvgIpc) is 3.19. The van der Waals surface area contributed by atoms with Crippen molar-refractivity contribution in [2.24, 2.45) is 0 Å². The summed E-state index contributed by atoms with van der Waals surface area (Å²) in [7, 11) is 0. The lowest BCUT2D eigenvalue weighted by molar-refractivity contribution is -0.113. The van der Waals surface area contributed by atoms with Crippen molar-refractivity contribution in [2.75, 3.05) is 24.3 Å². The molecule has 1 aliphatic heterocycles. The molecule has 0 atom stereocenters. The lowest BCUT2D eigenvalue weighted by Crippen LogP contribution is -2.17. The van der Waals surface area contributed by atoms with E-state index in [0.29, 0.717) is 35.4 Å². The number of nitrogens with zero attached hydrogens (tertiary/aromatic N) is 3. The maximum atomic E-state index is 12.5. The van der Waals surface area contributed by atoms with Gasteiger partial charge in [-0.15, -0.1) is 21.5 Å². The summed E-state index contributed by atoms with van der Waals surface area (Å²) in [6.07, 6.45) is 0. The van der Waals surface area contributed by atoms with Gasteiger partial charge in [-0.3, -0.25) is 4.79 Å². The number of anilines is 1. The fourth-order valence-electron chi connectivity index (χ4n) is 3.25. The van der Waals surface area contributed by atoms with Crippen molar-refractivity contribution >= 4 is 44.9 Å². The molecule has 0 aliphatic carbocycles. The molecule has 0 radical (unpaired) electrons. The number of fused-ring (bicyclic) bond motifs is 2. The normalized spacial score (nSPS) is 12.7. The van der Waals surface area contributed by atoms with Gasteiger partial charge in [-0.25, -0.2) is 4.98 Å². The minimum Gasteiger partial charge on any atom is -0.486 e. The highest BCUT2D eigenvalue weighted by Crippen LogP contribution is 2.36. The van der Waals surface area contributed by atoms with Gasteiger partial charge in [-0.1, -0.05) is 42.1 Å². The first kappa shape index (κ1) is 19.8. The molecule has 2 aromatic carbocycles. The molecule has 0 unspecified atom stereocenters. The van der Waals surface area contributed by atoms with Crippen LogP contribution in [0.15, 0.2) is 53.6 Å². The molecular weight excluding hydrogens is 432 g/mol. The van der Waals surface area contributed by atoms with Crippen molar-refractivity contribution in [1.29, 1.82) is 0 Å². The molecule has 0 fully saturated rings. The second-order valence-electron chi connectivity index (χ2n) is 6.83. The Morgan fingerprint density at radius 2 is 1.90 bits per heavy atom. The number of nitrogens with one attached hydrogen (secondary N) is 1. The Balaban J connectivity index is 1.32. The number of aromatic nitrogens is 3. The molecule has 156 valence electrons. The van der Waals surface area contributed by atoms with E-state index in [1.165, 1.54) is 11.8 Å². The van der Waals surface area contributed by atoms with Crippen LogP contribution in [0.4, 0.5) is 5.69 Å². The standard InChI is InChI=1S/C22H18N4O3S2/c1-13-23-20-21(31-13)19(14-5-3-2-4-6-14)25-26-22(20)30-12-18(27)24-15-7-8-16-17(11-15)29-10-9-28-16/h2-8,11H,9-10,12H2,1H3,(H,24,27). The van der Waals surface area contributed by atoms with Gasteiger partial charge in [0.05, 0.1) is 15.5 Å². The molecule has 5 rings (SSSR count). The zero-order chi connectivity index (χ0) is 21.2. The SMILES string of the molecule is Cc1nc2c(SCC(=O)Nc3ccc4c(c3)OCCO4)nnc(-c3ccccc3)c2s1. The van der Waals surface area contributed by atoms with E-state index < -0.39 is 0 Å². The molecule has 9 heteroatoms. The van der Waals surface area contributed by atoms with Gasteiger partial charge < -0.3 is 14.8 Å². The minimum atomic E-state index is -0.143. The Morgan fingerprint density at radius 1 is 1.10 bits per heavy atom. The molecule has 1 N–H and O–H groups in total. The summed E-state index contributed by atoms with van der Waals surface area (Å²) in [5, 5.41) is 13.3. The number of carbonyl (C=O) groups excluding carboxylic acids is 1. The van der Waals surface area contributed by atoms with Crippen molar-refractivity contribution in [3.05, 3.63) is 53.5 Å². The average molecular weight is 451 g/mol. The predicted octanol–water partition coefficient (Wildman–Crippen LogP) is 4.56. The highest BCUT2D eigenvalue weighted by molar-refractivity contribution is 8.00. The van der Waals surface area contributed by atoms with Crippen molar-refractivity contribution in [2.45, 2.75) is 11.9 Å². The summed E-state index contributed by atoms with van der Waals surface area (Å²) in [6.45, 7) is 2.99. The molecule has 4 aromatic rings. The fraction of sp³-hybridized carbons (Fsp3) is 0.182. The first-order valence-electron chi connectivity index (χ1n) is 9.69. The van der Waals surface area contributed by atoms with Gasteiger partial charge >= 0.3 is 0 Å². The molecule has 31 heavy (non-hydrogen) atoms. The van der Waals surface area contributed by atoms with E-state index in [0.717, 1.165) is 26.5 Å². The van der Waals surface area contributed by atoms with Crippen LogP contribution in [0.3, 0.4) is 0 Å². The monoisotopic (exact) mass is 450 g/mol. The van der Waals surface area contributed by atoms with Crippen LogP contribution < -0.4 is 14.8 Å². The number of aryl methyl sites for hydroxylation is 1. The molecule has 7 nitrogen and oxygen atoms in total. The summed E-state index contributed by atoms with van der Waals surface area (Å²) >= 11 is 2.91. The van der Waals surface area contributed by atoms with E-state index in [1.807, 2.05) is 37.3 Å². The van der Waals surface area contributed by atoms with E-state index in [2.05, 4.69) is 20.5 Å². The van der Waals surface area contributed by atoms with Gasteiger partial charge in [0.25, 0.3) is 0 Å². The largest absolute Gasteiger partial charge is 0.486 e. The second kappa shape index (κ2) is 8.52. The number of thioether (sulfide) groups is 1. The number of benzene rings is 2. The quantitative estimate of drug-likeness (QED) is 0.446. The van der Waals surface area contributed by atoms with Crippen molar-refractivity contribution in [3.8, 4) is 22.8 Å². The zero-order valence-corrected chi connectivity index (χ0v) is 18.3. The Labute approximate surface area is 186 Å². The van der Waals surface area contributed by atoms with Crippen LogP contribution in [0.2, 0.25) is 0 Å². The fourth-order valence-corrected chi connectivity index (χ4v) is 4.97. The first-order valence-corrected chi connectivity index (χ1v) is 11.5. The van der Waals surface area contributed by atoms with Gasteiger partial charge in [0, 0.05) is 17.3 Å². The third-order valence-electron chi connectivity index (χ3n) is 4.61. The van der Waals surface area contributed by atoms with E-state index in [-0.39, 0.29) is 11.7 Å². The predicted molar refractivity (Wildman–Crippen MR) is 122 cm³/mol. The molecule has 0 saturated heterocycles. The number of hydrogen-bond acceptors (Lipinski definition) is 8. The van der Waals surface area contributed by atoms with Crippen molar-refractivity contribution in [3.63, 3.8) is 0 Å². The Morgan fingerprint density at radius 3 is 2.74 bits per heavy atom. The van der Waals surface area contributed by atoms with Crippen LogP contribution in [0.5, 0.6) is 11.5 Å². The van der Waals surface area contributed by atoms with Crippen LogP contribution >= 0.6 is 23.1 Å². The second-order valence-corrected chi connectivity index (χ2v) is 8.99. The van der Waals surface area contributed by atoms with Crippen LogP contribution in [-0.2, 0) is 4.79 Å². The highest BCUT2D eigenvalue weighted by atomic mass is 32.2. The van der Waals surface area contributed by atoms with Crippen molar-refractivity contribution in [1.82, 2.24) is 15.2 Å². The third kappa shape index (κ3) is 4.19. The lowest BCUT2D eigenvalue weighted by Gasteiger charge is -2.18. The molecule has 0 spiro atoms. The molecule has 2 aromatic heterocycles. The molecule has 0 bridgehead atoms. The highest BCUT2D eigenvalue weighted by Gasteiger charge is 2.17. The maximum absolute atomic E-state index is 12.5. The number of hydrogen-bond donors (Lipinski definition) is 1. The summed E-state index contributed by atoms with van der Waals surface area (Å²) in [5.74, 6) is 1.38. The number of ether oxygens (including phenoxy) is 2. The first-order chi connectivity index (χ1) is 15.2. The van der Waals surface area contributed by atoms with Crippen LogP contribution in [-0.4, -0.2) is 40.1 Å². The maximum Gasteiger partial charge on any atom is 0.234 e. The van der Waals surface area contributed by atoms with Crippen molar-refractivity contribution < 1.29 is 14.3 Å². The van der Waals surface area contributed by atoms with Crippen LogP contribution in [0, 0.1) is 6.92 Å². The summed E-state index contributed by atoms with van der Waals surface area (Å²) in [6, 6.07) is 15.3. The minimum absolute atomic E-state index is 0.143. The van der Waals surface area contributed by atoms with Crippen LogP contribution in [0.25, 0.3) is 21.5 Å². The van der Waals surface area contributed by atoms with Gasteiger partial charge in [0.2, 0.25) is 5.91 Å². The number of carbonyl (C=O) groups is 1. The zero-order valence-electron chi connectivity index (χ0n) is 16.6. The van der Waals surface area contributed by atoms with Crippen LogP contribution in [0.1, 0.15) is 5.01 Å². The van der Waals surface area contributed by atoms with E-state index in [9.17, 15) is 4.79 Å². The number of rotatable bonds is 5. The van der Waals surface area contributed by atoms with Gasteiger partial charge in [-0.05, 0) is 19.1 Å². The van der Waals surface area contributed by atoms with E-state index in [1.54, 1.807) is 29.5 Å². The van der Waals surface area contributed by atoms with E-state index in [4.69, 9.17) is 9.47 Å². The van der Waals surface area contributed by atoms with Gasteiger partial charge in [-0.2, -0.15) is 0 Å². The summed E-state index contributed by atoms with van der Waals surface area (Å²) < 4.78 is 12.1. The summed E-state index contributed by atoms with van der Waals surface area (Å²) in [4.78, 5) is 17.2. The molecule has 0 saturated carbocycles. The third-order valence-corrected chi connectivity index (χ3v) is 6.54. The topological polar surface area (TPSA) is 86.2 Å². The van der Waals surface area contributed by atoms with E-state index >= 15 is 0 Å². The van der Waals surface area contributed by atoms with Gasteiger partial charge in [0.1, 0.15) is 29.5 Å². The Bertz CT molecular complexity index is 1260. The molecule has 1 aliphatic rings. The molecule has 3 heterocycles. The summed E-state index contributed by atoms with van der Waals surface area (Å²) in [5.41, 5.74) is 3.26. The molecule has 1 amide bonds. The Hall–Kier alpha value is -3.17. The lowest BCUT2D eigenvalue weighted by atomic mass is 10.1. The molecular formula is C22H18N4O3S2. The number of thiazole rings is 1. The smallest absolute Gasteiger partial charge is 0.234 e. The van der Waals surface area contributed by atoms with Gasteiger partial charge in [0.15, 0.2) is 11.5 Å². The Kier molecular flexibility index (Phi) is 5.44.